The highest BCUT2D eigenvalue weighted by Gasteiger charge is 2.22. The number of amides is 1. The third-order valence-electron chi connectivity index (χ3n) is 6.63. The largest absolute Gasteiger partial charge is 0.495 e. The number of hydrogen-bond donors (Lipinski definition) is 1. The average molecular weight is 517 g/mol. The molecule has 0 atom stereocenters. The van der Waals surface area contributed by atoms with Crippen LogP contribution in [-0.4, -0.2) is 39.8 Å². The van der Waals surface area contributed by atoms with E-state index in [9.17, 15) is 4.79 Å². The summed E-state index contributed by atoms with van der Waals surface area (Å²) in [6.45, 7) is 4.10. The molecule has 0 unspecified atom stereocenters. The summed E-state index contributed by atoms with van der Waals surface area (Å²) < 4.78 is 7.46. The quantitative estimate of drug-likeness (QED) is 0.320. The van der Waals surface area contributed by atoms with Crippen LogP contribution in [0.2, 0.25) is 5.02 Å². The van der Waals surface area contributed by atoms with Crippen molar-refractivity contribution in [3.63, 3.8) is 0 Å². The molecular weight excluding hydrogens is 488 g/mol. The van der Waals surface area contributed by atoms with Gasteiger partial charge < -0.3 is 15.0 Å². The Hall–Kier alpha value is -3.91. The molecule has 190 valence electrons. The Morgan fingerprint density at radius 2 is 2.03 bits per heavy atom. The number of ether oxygens (including phenoxy) is 1. The van der Waals surface area contributed by atoms with Gasteiger partial charge in [-0.2, -0.15) is 5.10 Å². The fraction of sp³-hybridized carbons (Fsp3) is 0.286. The number of methoxy groups -OCH3 is 1. The van der Waals surface area contributed by atoms with Crippen LogP contribution in [0.5, 0.6) is 5.75 Å². The summed E-state index contributed by atoms with van der Waals surface area (Å²) in [7, 11) is 3.39. The van der Waals surface area contributed by atoms with Gasteiger partial charge in [0.15, 0.2) is 0 Å². The van der Waals surface area contributed by atoms with Gasteiger partial charge in [0.05, 0.1) is 35.9 Å². The van der Waals surface area contributed by atoms with Gasteiger partial charge in [0.25, 0.3) is 5.91 Å². The Kier molecular flexibility index (Phi) is 6.84. The van der Waals surface area contributed by atoms with Gasteiger partial charge in [-0.25, -0.2) is 9.97 Å². The highest BCUT2D eigenvalue weighted by atomic mass is 35.5. The molecule has 0 aliphatic heterocycles. The van der Waals surface area contributed by atoms with E-state index < -0.39 is 0 Å². The van der Waals surface area contributed by atoms with Crippen molar-refractivity contribution in [3.8, 4) is 17.0 Å². The molecule has 0 fully saturated rings. The van der Waals surface area contributed by atoms with Crippen molar-refractivity contribution >= 4 is 34.8 Å². The number of nitrogens with zero attached hydrogens (tertiary/aromatic N) is 5. The molecule has 4 aromatic rings. The van der Waals surface area contributed by atoms with Crippen molar-refractivity contribution < 1.29 is 9.53 Å². The Balaban J connectivity index is 1.39. The molecule has 1 aliphatic rings. The second-order valence-corrected chi connectivity index (χ2v) is 9.77. The molecule has 0 saturated heterocycles. The zero-order valence-corrected chi connectivity index (χ0v) is 22.1. The SMILES string of the molecule is COc1cc(C(=O)N(C)c2cccc3c2CCC3)ccc1Nc1ncc(Cl)c(-c2cnn(C(C)C)c2)n1. The molecule has 2 aromatic carbocycles. The number of nitrogens with one attached hydrogen (secondary N) is 1. The first-order valence-electron chi connectivity index (χ1n) is 12.3. The zero-order valence-electron chi connectivity index (χ0n) is 21.3. The average Bonchev–Trinajstić information content (AvgIpc) is 3.59. The third-order valence-corrected chi connectivity index (χ3v) is 6.91. The Labute approximate surface area is 221 Å². The Bertz CT molecular complexity index is 1470. The van der Waals surface area contributed by atoms with Crippen LogP contribution in [-0.2, 0) is 12.8 Å². The van der Waals surface area contributed by atoms with Crippen molar-refractivity contribution in [1.82, 2.24) is 19.7 Å². The lowest BCUT2D eigenvalue weighted by Gasteiger charge is -2.21. The van der Waals surface area contributed by atoms with Gasteiger partial charge in [-0.3, -0.25) is 9.48 Å². The van der Waals surface area contributed by atoms with Crippen molar-refractivity contribution in [3.05, 3.63) is 76.7 Å². The molecule has 5 rings (SSSR count). The van der Waals surface area contributed by atoms with Crippen LogP contribution in [0.15, 0.2) is 55.0 Å². The summed E-state index contributed by atoms with van der Waals surface area (Å²) in [4.78, 5) is 24.0. The number of hydrogen-bond acceptors (Lipinski definition) is 6. The minimum atomic E-state index is -0.0997. The maximum absolute atomic E-state index is 13.4. The van der Waals surface area contributed by atoms with Crippen LogP contribution < -0.4 is 15.0 Å². The van der Waals surface area contributed by atoms with E-state index in [2.05, 4.69) is 40.3 Å². The molecule has 0 saturated carbocycles. The summed E-state index contributed by atoms with van der Waals surface area (Å²) >= 11 is 6.40. The summed E-state index contributed by atoms with van der Waals surface area (Å²) in [5.74, 6) is 0.758. The summed E-state index contributed by atoms with van der Waals surface area (Å²) in [5.41, 5.74) is 6.09. The van der Waals surface area contributed by atoms with E-state index in [1.54, 1.807) is 42.6 Å². The topological polar surface area (TPSA) is 85.2 Å². The van der Waals surface area contributed by atoms with Crippen LogP contribution >= 0.6 is 11.6 Å². The maximum Gasteiger partial charge on any atom is 0.258 e. The third kappa shape index (κ3) is 4.89. The first-order chi connectivity index (χ1) is 17.9. The second-order valence-electron chi connectivity index (χ2n) is 9.37. The first kappa shape index (κ1) is 24.8. The highest BCUT2D eigenvalue weighted by molar-refractivity contribution is 6.32. The van der Waals surface area contributed by atoms with Gasteiger partial charge in [-0.15, -0.1) is 0 Å². The number of rotatable bonds is 7. The van der Waals surface area contributed by atoms with Crippen LogP contribution in [0.4, 0.5) is 17.3 Å². The molecule has 8 nitrogen and oxygen atoms in total. The smallest absolute Gasteiger partial charge is 0.258 e. The predicted octanol–water partition coefficient (Wildman–Crippen LogP) is 6.09. The number of halogens is 1. The summed E-state index contributed by atoms with van der Waals surface area (Å²) in [6.07, 6.45) is 8.37. The molecule has 0 bridgehead atoms. The Morgan fingerprint density at radius 3 is 2.78 bits per heavy atom. The highest BCUT2D eigenvalue weighted by Crippen LogP contribution is 2.34. The summed E-state index contributed by atoms with van der Waals surface area (Å²) in [6, 6.07) is 11.7. The van der Waals surface area contributed by atoms with E-state index in [1.807, 2.05) is 30.1 Å². The van der Waals surface area contributed by atoms with Gasteiger partial charge in [-0.1, -0.05) is 23.7 Å². The van der Waals surface area contributed by atoms with E-state index >= 15 is 0 Å². The number of benzene rings is 2. The lowest BCUT2D eigenvalue weighted by atomic mass is 10.1. The standard InChI is InChI=1S/C28H29ClN6O2/c1-17(2)35-16-20(14-31-35)26-22(29)15-30-28(33-26)32-23-12-11-19(13-25(23)37-4)27(36)34(3)24-10-6-8-18-7-5-9-21(18)24/h6,8,10-17H,5,7,9H2,1-4H3,(H,30,32,33). The van der Waals surface area contributed by atoms with E-state index in [0.717, 1.165) is 30.5 Å². The van der Waals surface area contributed by atoms with Crippen molar-refractivity contribution in [2.45, 2.75) is 39.2 Å². The number of anilines is 3. The van der Waals surface area contributed by atoms with Gasteiger partial charge in [0.1, 0.15) is 5.75 Å². The predicted molar refractivity (Wildman–Crippen MR) is 146 cm³/mol. The molecule has 1 N–H and O–H groups in total. The summed E-state index contributed by atoms with van der Waals surface area (Å²) in [5, 5.41) is 8.00. The van der Waals surface area contributed by atoms with Crippen molar-refractivity contribution in [2.75, 3.05) is 24.4 Å². The van der Waals surface area contributed by atoms with Gasteiger partial charge in [-0.05, 0) is 68.5 Å². The molecule has 1 amide bonds. The van der Waals surface area contributed by atoms with Crippen LogP contribution in [0, 0.1) is 0 Å². The van der Waals surface area contributed by atoms with E-state index in [4.69, 9.17) is 16.3 Å². The molecule has 2 aromatic heterocycles. The van der Waals surface area contributed by atoms with Gasteiger partial charge in [0.2, 0.25) is 5.95 Å². The normalized spacial score (nSPS) is 12.5. The lowest BCUT2D eigenvalue weighted by Crippen LogP contribution is -2.27. The van der Waals surface area contributed by atoms with Crippen LogP contribution in [0.25, 0.3) is 11.3 Å². The number of aryl methyl sites for hydroxylation is 1. The zero-order chi connectivity index (χ0) is 26.1. The fourth-order valence-electron chi connectivity index (χ4n) is 4.64. The van der Waals surface area contributed by atoms with Crippen LogP contribution in [0.1, 0.15) is 47.8 Å². The number of aromatic nitrogens is 4. The number of carbonyl (C=O) groups is 1. The van der Waals surface area contributed by atoms with Crippen molar-refractivity contribution in [2.24, 2.45) is 0 Å². The number of carbonyl (C=O) groups excluding carboxylic acids is 1. The minimum Gasteiger partial charge on any atom is -0.495 e. The molecule has 1 aliphatic carbocycles. The lowest BCUT2D eigenvalue weighted by molar-refractivity contribution is 0.0992. The minimum absolute atomic E-state index is 0.0997. The van der Waals surface area contributed by atoms with Crippen molar-refractivity contribution in [1.29, 1.82) is 0 Å². The molecule has 0 radical (unpaired) electrons. The van der Waals surface area contributed by atoms with E-state index in [-0.39, 0.29) is 11.9 Å². The van der Waals surface area contributed by atoms with E-state index in [1.165, 1.54) is 11.1 Å². The maximum atomic E-state index is 13.4. The molecule has 2 heterocycles. The van der Waals surface area contributed by atoms with Crippen LogP contribution in [0.3, 0.4) is 0 Å². The molecular formula is C28H29ClN6O2. The number of fused-ring (bicyclic) bond motifs is 1. The first-order valence-corrected chi connectivity index (χ1v) is 12.6. The van der Waals surface area contributed by atoms with Gasteiger partial charge >= 0.3 is 0 Å². The molecule has 9 heteroatoms. The fourth-order valence-corrected chi connectivity index (χ4v) is 4.84. The molecule has 37 heavy (non-hydrogen) atoms. The Morgan fingerprint density at radius 1 is 1.19 bits per heavy atom. The monoisotopic (exact) mass is 516 g/mol. The molecule has 0 spiro atoms. The van der Waals surface area contributed by atoms with Gasteiger partial charge in [0, 0.05) is 36.1 Å². The van der Waals surface area contributed by atoms with E-state index in [0.29, 0.717) is 33.7 Å². The second kappa shape index (κ2) is 10.2.